The van der Waals surface area contributed by atoms with Crippen LogP contribution in [-0.2, 0) is 7.05 Å². The van der Waals surface area contributed by atoms with E-state index in [9.17, 15) is 4.79 Å². The number of anilines is 1. The van der Waals surface area contributed by atoms with Crippen molar-refractivity contribution in [2.75, 3.05) is 31.1 Å². The Morgan fingerprint density at radius 2 is 1.94 bits per heavy atom. The summed E-state index contributed by atoms with van der Waals surface area (Å²) in [5.74, 6) is 0.101. The quantitative estimate of drug-likeness (QED) is 0.492. The summed E-state index contributed by atoms with van der Waals surface area (Å²) >= 11 is 1.69. The van der Waals surface area contributed by atoms with Gasteiger partial charge in [0.25, 0.3) is 5.91 Å². The smallest absolute Gasteiger partial charge is 0.270 e. The molecule has 31 heavy (non-hydrogen) atoms. The van der Waals surface area contributed by atoms with Crippen molar-refractivity contribution < 1.29 is 4.79 Å². The van der Waals surface area contributed by atoms with Crippen molar-refractivity contribution in [2.45, 2.75) is 20.3 Å². The molecule has 3 aromatic heterocycles. The molecule has 4 heterocycles. The van der Waals surface area contributed by atoms with Gasteiger partial charge in [0.1, 0.15) is 5.69 Å². The van der Waals surface area contributed by atoms with Gasteiger partial charge < -0.3 is 14.4 Å². The van der Waals surface area contributed by atoms with Crippen LogP contribution in [0.4, 0.5) is 5.13 Å². The Balaban J connectivity index is 1.39. The van der Waals surface area contributed by atoms with Crippen LogP contribution in [0.2, 0.25) is 0 Å². The van der Waals surface area contributed by atoms with Crippen LogP contribution in [0.3, 0.4) is 0 Å². The fraction of sp³-hybridized carbons (Fsp3) is 0.348. The Morgan fingerprint density at radius 3 is 2.71 bits per heavy atom. The molecule has 7 nitrogen and oxygen atoms in total. The number of aryl methyl sites for hydroxylation is 3. The van der Waals surface area contributed by atoms with Gasteiger partial charge in [-0.3, -0.25) is 4.79 Å². The molecule has 1 aromatic carbocycles. The zero-order chi connectivity index (χ0) is 21.5. The van der Waals surface area contributed by atoms with Crippen molar-refractivity contribution in [3.63, 3.8) is 0 Å². The number of benzene rings is 1. The third kappa shape index (κ3) is 3.61. The molecule has 0 bridgehead atoms. The molecule has 0 atom stereocenters. The van der Waals surface area contributed by atoms with Crippen LogP contribution < -0.4 is 4.90 Å². The number of hydrogen-bond acceptors (Lipinski definition) is 5. The van der Waals surface area contributed by atoms with Crippen LogP contribution >= 0.6 is 11.3 Å². The molecule has 1 amide bonds. The van der Waals surface area contributed by atoms with Crippen molar-refractivity contribution in [3.05, 3.63) is 59.5 Å². The average Bonchev–Trinajstić information content (AvgIpc) is 3.39. The number of hydrogen-bond donors (Lipinski definition) is 0. The maximum absolute atomic E-state index is 12.9. The minimum atomic E-state index is 0.101. The SMILES string of the molecule is Cc1cccc(-n2nc(C)c3sc(N4CCCN(C(=O)c5cccn5C)CC4)nc32)c1. The maximum atomic E-state index is 12.9. The summed E-state index contributed by atoms with van der Waals surface area (Å²) in [4.78, 5) is 22.2. The third-order valence-corrected chi connectivity index (χ3v) is 7.05. The molecule has 1 saturated heterocycles. The summed E-state index contributed by atoms with van der Waals surface area (Å²) in [6, 6.07) is 12.1. The van der Waals surface area contributed by atoms with Gasteiger partial charge in [0.15, 0.2) is 10.8 Å². The zero-order valence-corrected chi connectivity index (χ0v) is 18.9. The molecular weight excluding hydrogens is 408 g/mol. The molecule has 1 fully saturated rings. The Kier molecular flexibility index (Phi) is 5.02. The molecule has 5 rings (SSSR count). The highest BCUT2D eigenvalue weighted by Gasteiger charge is 2.24. The number of amides is 1. The zero-order valence-electron chi connectivity index (χ0n) is 18.1. The van der Waals surface area contributed by atoms with Crippen molar-refractivity contribution in [2.24, 2.45) is 7.05 Å². The first-order valence-electron chi connectivity index (χ1n) is 10.6. The summed E-state index contributed by atoms with van der Waals surface area (Å²) in [7, 11) is 1.92. The number of aromatic nitrogens is 4. The minimum absolute atomic E-state index is 0.101. The largest absolute Gasteiger partial charge is 0.347 e. The normalized spacial score (nSPS) is 14.9. The van der Waals surface area contributed by atoms with Crippen LogP contribution in [0.15, 0.2) is 42.6 Å². The molecule has 1 aliphatic heterocycles. The summed E-state index contributed by atoms with van der Waals surface area (Å²) in [6.07, 6.45) is 2.84. The topological polar surface area (TPSA) is 59.2 Å². The minimum Gasteiger partial charge on any atom is -0.347 e. The second-order valence-corrected chi connectivity index (χ2v) is 9.10. The van der Waals surface area contributed by atoms with E-state index in [2.05, 4.69) is 30.0 Å². The van der Waals surface area contributed by atoms with Crippen LogP contribution in [0.5, 0.6) is 0 Å². The lowest BCUT2D eigenvalue weighted by molar-refractivity contribution is 0.0757. The standard InChI is InChI=1S/C23H26N6OS/c1-16-7-4-8-18(15-16)29-21-20(17(2)25-29)31-23(24-21)28-12-6-11-27(13-14-28)22(30)19-9-5-10-26(19)3/h4-5,7-10,15H,6,11-14H2,1-3H3. The van der Waals surface area contributed by atoms with Crippen LogP contribution in [0, 0.1) is 13.8 Å². The van der Waals surface area contributed by atoms with E-state index in [0.717, 1.165) is 58.6 Å². The highest BCUT2D eigenvalue weighted by atomic mass is 32.1. The van der Waals surface area contributed by atoms with E-state index in [1.165, 1.54) is 5.56 Å². The summed E-state index contributed by atoms with van der Waals surface area (Å²) in [5.41, 5.74) is 4.87. The summed E-state index contributed by atoms with van der Waals surface area (Å²) < 4.78 is 4.96. The van der Waals surface area contributed by atoms with Gasteiger partial charge in [-0.2, -0.15) is 10.1 Å². The fourth-order valence-corrected chi connectivity index (χ4v) is 5.19. The number of carbonyl (C=O) groups is 1. The van der Waals surface area contributed by atoms with Gasteiger partial charge in [0.2, 0.25) is 0 Å². The number of rotatable bonds is 3. The first-order valence-corrected chi connectivity index (χ1v) is 11.4. The number of carbonyl (C=O) groups excluding carboxylic acids is 1. The van der Waals surface area contributed by atoms with Crippen LogP contribution in [0.25, 0.3) is 16.0 Å². The number of fused-ring (bicyclic) bond motifs is 1. The summed E-state index contributed by atoms with van der Waals surface area (Å²) in [6.45, 7) is 7.26. The lowest BCUT2D eigenvalue weighted by Crippen LogP contribution is -2.36. The molecule has 0 radical (unpaired) electrons. The first kappa shape index (κ1) is 19.8. The van der Waals surface area contributed by atoms with E-state index in [4.69, 9.17) is 10.1 Å². The third-order valence-electron chi connectivity index (χ3n) is 5.84. The lowest BCUT2D eigenvalue weighted by atomic mass is 10.2. The van der Waals surface area contributed by atoms with Gasteiger partial charge in [0, 0.05) is 39.4 Å². The highest BCUT2D eigenvalue weighted by molar-refractivity contribution is 7.22. The van der Waals surface area contributed by atoms with Gasteiger partial charge in [-0.1, -0.05) is 23.5 Å². The Morgan fingerprint density at radius 1 is 1.06 bits per heavy atom. The predicted octanol–water partition coefficient (Wildman–Crippen LogP) is 3.79. The first-order chi connectivity index (χ1) is 15.0. The van der Waals surface area contributed by atoms with Crippen LogP contribution in [0.1, 0.15) is 28.2 Å². The maximum Gasteiger partial charge on any atom is 0.270 e. The number of nitrogens with zero attached hydrogens (tertiary/aromatic N) is 6. The molecular formula is C23H26N6OS. The van der Waals surface area contributed by atoms with Gasteiger partial charge in [-0.05, 0) is 50.1 Å². The lowest BCUT2D eigenvalue weighted by Gasteiger charge is -2.22. The van der Waals surface area contributed by atoms with E-state index < -0.39 is 0 Å². The van der Waals surface area contributed by atoms with Gasteiger partial charge in [0.05, 0.1) is 16.1 Å². The van der Waals surface area contributed by atoms with Crippen molar-refractivity contribution >= 4 is 32.7 Å². The molecule has 4 aromatic rings. The van der Waals surface area contributed by atoms with E-state index in [-0.39, 0.29) is 5.91 Å². The van der Waals surface area contributed by atoms with E-state index in [0.29, 0.717) is 6.54 Å². The molecule has 0 saturated carbocycles. The molecule has 0 N–H and O–H groups in total. The second-order valence-electron chi connectivity index (χ2n) is 8.12. The number of thiazole rings is 1. The molecule has 8 heteroatoms. The Hall–Kier alpha value is -3.13. The van der Waals surface area contributed by atoms with E-state index >= 15 is 0 Å². The predicted molar refractivity (Wildman–Crippen MR) is 124 cm³/mol. The molecule has 160 valence electrons. The summed E-state index contributed by atoms with van der Waals surface area (Å²) in [5, 5.41) is 5.73. The molecule has 0 aliphatic carbocycles. The molecule has 1 aliphatic rings. The fourth-order valence-electron chi connectivity index (χ4n) is 4.16. The molecule has 0 unspecified atom stereocenters. The Bertz CT molecular complexity index is 1250. The van der Waals surface area contributed by atoms with E-state index in [1.54, 1.807) is 11.3 Å². The Labute approximate surface area is 185 Å². The highest BCUT2D eigenvalue weighted by Crippen LogP contribution is 2.33. The van der Waals surface area contributed by atoms with Crippen molar-refractivity contribution in [1.82, 2.24) is 24.2 Å². The van der Waals surface area contributed by atoms with E-state index in [1.807, 2.05) is 52.5 Å². The van der Waals surface area contributed by atoms with Gasteiger partial charge in [-0.15, -0.1) is 0 Å². The van der Waals surface area contributed by atoms with Crippen molar-refractivity contribution in [1.29, 1.82) is 0 Å². The van der Waals surface area contributed by atoms with Gasteiger partial charge >= 0.3 is 0 Å². The average molecular weight is 435 g/mol. The molecule has 0 spiro atoms. The monoisotopic (exact) mass is 434 g/mol. The van der Waals surface area contributed by atoms with Gasteiger partial charge in [-0.25, -0.2) is 4.68 Å². The van der Waals surface area contributed by atoms with Crippen LogP contribution in [-0.4, -0.2) is 56.3 Å². The van der Waals surface area contributed by atoms with Crippen molar-refractivity contribution in [3.8, 4) is 5.69 Å². The second kappa shape index (κ2) is 7.85.